The molecule has 0 aromatic heterocycles. The van der Waals surface area contributed by atoms with Crippen molar-refractivity contribution in [2.45, 2.75) is 32.2 Å². The first kappa shape index (κ1) is 11.4. The van der Waals surface area contributed by atoms with E-state index in [9.17, 15) is 9.59 Å². The van der Waals surface area contributed by atoms with Gasteiger partial charge in [-0.1, -0.05) is 6.42 Å². The summed E-state index contributed by atoms with van der Waals surface area (Å²) in [4.78, 5) is 27.0. The summed E-state index contributed by atoms with van der Waals surface area (Å²) in [5.41, 5.74) is 0. The molecule has 0 aromatic carbocycles. The lowest BCUT2D eigenvalue weighted by Crippen LogP contribution is -2.49. The zero-order chi connectivity index (χ0) is 11.5. The molecule has 3 amide bonds. The van der Waals surface area contributed by atoms with Crippen molar-refractivity contribution in [2.75, 3.05) is 26.2 Å². The van der Waals surface area contributed by atoms with Crippen LogP contribution >= 0.6 is 0 Å². The van der Waals surface area contributed by atoms with Crippen LogP contribution in [-0.2, 0) is 4.79 Å². The van der Waals surface area contributed by atoms with Gasteiger partial charge in [-0.3, -0.25) is 14.6 Å². The molecule has 0 radical (unpaired) electrons. The first-order valence-electron chi connectivity index (χ1n) is 6.03. The van der Waals surface area contributed by atoms with E-state index in [4.69, 9.17) is 0 Å². The number of rotatable bonds is 2. The number of carbonyl (C=O) groups is 2. The lowest BCUT2D eigenvalue weighted by Gasteiger charge is -2.32. The number of hydrogen-bond donors (Lipinski definition) is 1. The van der Waals surface area contributed by atoms with Crippen molar-refractivity contribution in [2.24, 2.45) is 0 Å². The Labute approximate surface area is 95.8 Å². The van der Waals surface area contributed by atoms with Crippen LogP contribution in [0.3, 0.4) is 0 Å². The SMILES string of the molecule is C[C@H](C(=O)N1CCNC1=O)N1CCCCC1. The predicted octanol–water partition coefficient (Wildman–Crippen LogP) is 0.413. The van der Waals surface area contributed by atoms with Crippen molar-refractivity contribution in [1.29, 1.82) is 0 Å². The number of nitrogens with zero attached hydrogens (tertiary/aromatic N) is 2. The molecule has 0 spiro atoms. The minimum Gasteiger partial charge on any atom is -0.336 e. The highest BCUT2D eigenvalue weighted by Crippen LogP contribution is 2.14. The van der Waals surface area contributed by atoms with Crippen molar-refractivity contribution in [1.82, 2.24) is 15.1 Å². The van der Waals surface area contributed by atoms with Gasteiger partial charge in [0.25, 0.3) is 0 Å². The van der Waals surface area contributed by atoms with Crippen LogP contribution < -0.4 is 5.32 Å². The second kappa shape index (κ2) is 4.82. The number of piperidine rings is 1. The second-order valence-corrected chi connectivity index (χ2v) is 4.49. The minimum absolute atomic E-state index is 0.0584. The first-order valence-corrected chi connectivity index (χ1v) is 6.03. The van der Waals surface area contributed by atoms with Gasteiger partial charge in [0.15, 0.2) is 0 Å². The van der Waals surface area contributed by atoms with Crippen molar-refractivity contribution in [3.63, 3.8) is 0 Å². The third-order valence-electron chi connectivity index (χ3n) is 3.42. The van der Waals surface area contributed by atoms with E-state index in [0.717, 1.165) is 25.9 Å². The van der Waals surface area contributed by atoms with Gasteiger partial charge in [0.1, 0.15) is 0 Å². The van der Waals surface area contributed by atoms with Crippen LogP contribution in [0.4, 0.5) is 4.79 Å². The lowest BCUT2D eigenvalue weighted by molar-refractivity contribution is -0.133. The average Bonchev–Trinajstić information content (AvgIpc) is 2.75. The van der Waals surface area contributed by atoms with Gasteiger partial charge in [0, 0.05) is 13.1 Å². The number of urea groups is 1. The average molecular weight is 225 g/mol. The highest BCUT2D eigenvalue weighted by molar-refractivity contribution is 5.98. The second-order valence-electron chi connectivity index (χ2n) is 4.49. The standard InChI is InChI=1S/C11H19N3O2/c1-9(13-6-3-2-4-7-13)10(15)14-8-5-12-11(14)16/h9H,2-8H2,1H3,(H,12,16)/t9-/m1/s1. The molecule has 5 nitrogen and oxygen atoms in total. The summed E-state index contributed by atoms with van der Waals surface area (Å²) in [5.74, 6) is -0.0584. The topological polar surface area (TPSA) is 52.7 Å². The van der Waals surface area contributed by atoms with E-state index < -0.39 is 0 Å². The van der Waals surface area contributed by atoms with Crippen LogP contribution in [0.5, 0.6) is 0 Å². The van der Waals surface area contributed by atoms with Gasteiger partial charge >= 0.3 is 6.03 Å². The van der Waals surface area contributed by atoms with Crippen LogP contribution in [0.25, 0.3) is 0 Å². The summed E-state index contributed by atoms with van der Waals surface area (Å²) in [7, 11) is 0. The maximum atomic E-state index is 12.1. The van der Waals surface area contributed by atoms with Gasteiger partial charge in [-0.25, -0.2) is 4.79 Å². The molecule has 1 N–H and O–H groups in total. The Morgan fingerprint density at radius 3 is 2.50 bits per heavy atom. The summed E-state index contributed by atoms with van der Waals surface area (Å²) < 4.78 is 0. The molecule has 0 aliphatic carbocycles. The maximum Gasteiger partial charge on any atom is 0.324 e. The molecule has 2 rings (SSSR count). The van der Waals surface area contributed by atoms with Crippen LogP contribution in [0.2, 0.25) is 0 Å². The molecule has 0 unspecified atom stereocenters. The predicted molar refractivity (Wildman–Crippen MR) is 60.0 cm³/mol. The summed E-state index contributed by atoms with van der Waals surface area (Å²) in [6.07, 6.45) is 3.56. The van der Waals surface area contributed by atoms with Crippen molar-refractivity contribution < 1.29 is 9.59 Å². The summed E-state index contributed by atoms with van der Waals surface area (Å²) >= 11 is 0. The Kier molecular flexibility index (Phi) is 3.43. The van der Waals surface area contributed by atoms with Crippen LogP contribution in [0.1, 0.15) is 26.2 Å². The molecule has 2 aliphatic rings. The quantitative estimate of drug-likeness (QED) is 0.740. The number of amides is 3. The van der Waals surface area contributed by atoms with Gasteiger partial charge in [0.05, 0.1) is 6.04 Å². The molecular formula is C11H19N3O2. The van der Waals surface area contributed by atoms with E-state index in [-0.39, 0.29) is 18.0 Å². The van der Waals surface area contributed by atoms with Gasteiger partial charge in [-0.2, -0.15) is 0 Å². The zero-order valence-electron chi connectivity index (χ0n) is 9.74. The Morgan fingerprint density at radius 2 is 1.94 bits per heavy atom. The largest absolute Gasteiger partial charge is 0.336 e. The molecule has 0 aromatic rings. The van der Waals surface area contributed by atoms with Gasteiger partial charge in [-0.05, 0) is 32.9 Å². The van der Waals surface area contributed by atoms with Crippen molar-refractivity contribution >= 4 is 11.9 Å². The summed E-state index contributed by atoms with van der Waals surface area (Å²) in [5, 5.41) is 2.66. The number of likely N-dealkylation sites (tertiary alicyclic amines) is 1. The van der Waals surface area contributed by atoms with Crippen molar-refractivity contribution in [3.05, 3.63) is 0 Å². The number of hydrogen-bond acceptors (Lipinski definition) is 3. The highest BCUT2D eigenvalue weighted by atomic mass is 16.2. The minimum atomic E-state index is -0.242. The fourth-order valence-corrected chi connectivity index (χ4v) is 2.37. The highest BCUT2D eigenvalue weighted by Gasteiger charge is 2.32. The Hall–Kier alpha value is -1.10. The summed E-state index contributed by atoms with van der Waals surface area (Å²) in [6, 6.07) is -0.405. The van der Waals surface area contributed by atoms with Gasteiger partial charge in [0.2, 0.25) is 5.91 Å². The van der Waals surface area contributed by atoms with Crippen LogP contribution in [0, 0.1) is 0 Å². The fourth-order valence-electron chi connectivity index (χ4n) is 2.37. The molecule has 2 aliphatic heterocycles. The summed E-state index contributed by atoms with van der Waals surface area (Å²) in [6.45, 7) is 4.94. The molecule has 1 atom stereocenters. The van der Waals surface area contributed by atoms with E-state index >= 15 is 0 Å². The first-order chi connectivity index (χ1) is 7.70. The molecule has 90 valence electrons. The molecule has 2 saturated heterocycles. The zero-order valence-corrected chi connectivity index (χ0v) is 9.74. The smallest absolute Gasteiger partial charge is 0.324 e. The van der Waals surface area contributed by atoms with Crippen molar-refractivity contribution in [3.8, 4) is 0 Å². The Balaban J connectivity index is 1.95. The van der Waals surface area contributed by atoms with Crippen LogP contribution in [0.15, 0.2) is 0 Å². The Bertz CT molecular complexity index is 287. The third kappa shape index (κ3) is 2.19. The van der Waals surface area contributed by atoms with Gasteiger partial charge in [-0.15, -0.1) is 0 Å². The fraction of sp³-hybridized carbons (Fsp3) is 0.818. The number of nitrogens with one attached hydrogen (secondary N) is 1. The van der Waals surface area contributed by atoms with E-state index in [1.54, 1.807) is 0 Å². The molecular weight excluding hydrogens is 206 g/mol. The lowest BCUT2D eigenvalue weighted by atomic mass is 10.1. The molecule has 0 saturated carbocycles. The van der Waals surface area contributed by atoms with E-state index in [2.05, 4.69) is 10.2 Å². The molecule has 5 heteroatoms. The molecule has 2 fully saturated rings. The molecule has 2 heterocycles. The van der Waals surface area contributed by atoms with Gasteiger partial charge < -0.3 is 5.32 Å². The van der Waals surface area contributed by atoms with E-state index in [1.165, 1.54) is 11.3 Å². The van der Waals surface area contributed by atoms with E-state index in [1.807, 2.05) is 6.92 Å². The molecule has 16 heavy (non-hydrogen) atoms. The maximum absolute atomic E-state index is 12.1. The number of imide groups is 1. The van der Waals surface area contributed by atoms with E-state index in [0.29, 0.717) is 13.1 Å². The monoisotopic (exact) mass is 225 g/mol. The third-order valence-corrected chi connectivity index (χ3v) is 3.42. The Morgan fingerprint density at radius 1 is 1.25 bits per heavy atom. The number of carbonyl (C=O) groups excluding carboxylic acids is 2. The normalized spacial score (nSPS) is 24.3. The molecule has 0 bridgehead atoms. The van der Waals surface area contributed by atoms with Crippen LogP contribution in [-0.4, -0.2) is 54.0 Å².